The molecule has 1 amide bonds. The van der Waals surface area contributed by atoms with E-state index in [0.717, 1.165) is 41.8 Å². The zero-order valence-corrected chi connectivity index (χ0v) is 16.8. The van der Waals surface area contributed by atoms with Gasteiger partial charge >= 0.3 is 0 Å². The summed E-state index contributed by atoms with van der Waals surface area (Å²) < 4.78 is 0. The van der Waals surface area contributed by atoms with Gasteiger partial charge in [0, 0.05) is 17.5 Å². The summed E-state index contributed by atoms with van der Waals surface area (Å²) in [6.45, 7) is 6.24. The first kappa shape index (κ1) is 19.7. The highest BCUT2D eigenvalue weighted by molar-refractivity contribution is 5.89. The minimum absolute atomic E-state index is 0.0376. The summed E-state index contributed by atoms with van der Waals surface area (Å²) in [5, 5.41) is 2.88. The molecule has 1 aromatic heterocycles. The third kappa shape index (κ3) is 5.26. The Labute approximate surface area is 167 Å². The lowest BCUT2D eigenvalue weighted by Crippen LogP contribution is -2.14. The first-order valence-electron chi connectivity index (χ1n) is 9.88. The maximum atomic E-state index is 12.3. The summed E-state index contributed by atoms with van der Waals surface area (Å²) in [7, 11) is 0. The van der Waals surface area contributed by atoms with Crippen molar-refractivity contribution >= 4 is 11.9 Å². The van der Waals surface area contributed by atoms with Crippen molar-refractivity contribution in [2.24, 2.45) is 0 Å². The molecule has 2 aromatic carbocycles. The number of benzene rings is 2. The predicted octanol–water partition coefficient (Wildman–Crippen LogP) is 5.95. The van der Waals surface area contributed by atoms with Crippen LogP contribution in [0.25, 0.3) is 22.5 Å². The van der Waals surface area contributed by atoms with Gasteiger partial charge in [0.15, 0.2) is 0 Å². The van der Waals surface area contributed by atoms with Gasteiger partial charge in [0.05, 0.1) is 11.4 Å². The van der Waals surface area contributed by atoms with E-state index in [1.807, 2.05) is 30.3 Å². The molecule has 0 radical (unpaired) electrons. The highest BCUT2D eigenvalue weighted by Gasteiger charge is 2.11. The third-order valence-corrected chi connectivity index (χ3v) is 4.68. The van der Waals surface area contributed by atoms with Crippen molar-refractivity contribution in [3.63, 3.8) is 0 Å². The minimum Gasteiger partial charge on any atom is -0.294 e. The molecule has 0 saturated carbocycles. The largest absolute Gasteiger partial charge is 0.294 e. The Morgan fingerprint density at radius 1 is 0.821 bits per heavy atom. The van der Waals surface area contributed by atoms with E-state index in [-0.39, 0.29) is 5.91 Å². The zero-order valence-electron chi connectivity index (χ0n) is 16.8. The van der Waals surface area contributed by atoms with E-state index in [0.29, 0.717) is 12.4 Å². The molecule has 4 nitrogen and oxygen atoms in total. The molecule has 0 unspecified atom stereocenters. The second-order valence-corrected chi connectivity index (χ2v) is 7.20. The van der Waals surface area contributed by atoms with Gasteiger partial charge in [0.25, 0.3) is 0 Å². The van der Waals surface area contributed by atoms with Crippen molar-refractivity contribution in [1.82, 2.24) is 9.97 Å². The van der Waals surface area contributed by atoms with Crippen LogP contribution in [0.15, 0.2) is 54.6 Å². The number of nitrogens with one attached hydrogen (secondary N) is 1. The molecule has 1 heterocycles. The lowest BCUT2D eigenvalue weighted by molar-refractivity contribution is -0.116. The Morgan fingerprint density at radius 3 is 1.79 bits per heavy atom. The number of aryl methyl sites for hydroxylation is 2. The number of aromatic nitrogens is 2. The summed E-state index contributed by atoms with van der Waals surface area (Å²) in [5.74, 6) is 0.319. The van der Waals surface area contributed by atoms with Gasteiger partial charge in [-0.05, 0) is 26.3 Å². The first-order valence-corrected chi connectivity index (χ1v) is 9.88. The van der Waals surface area contributed by atoms with E-state index in [1.165, 1.54) is 11.1 Å². The lowest BCUT2D eigenvalue weighted by atomic mass is 10.1. The van der Waals surface area contributed by atoms with Crippen molar-refractivity contribution in [3.8, 4) is 22.5 Å². The standard InChI is InChI=1S/C24H27N3O/c1-4-5-6-7-23(28)27-24-25-21(19-12-8-17(2)9-13-19)16-22(26-24)20-14-10-18(3)11-15-20/h8-16H,4-7H2,1-3H3,(H,25,26,27,28). The van der Waals surface area contributed by atoms with Gasteiger partial charge in [-0.15, -0.1) is 0 Å². The van der Waals surface area contributed by atoms with Crippen molar-refractivity contribution in [2.45, 2.75) is 46.5 Å². The number of unbranched alkanes of at least 4 members (excludes halogenated alkanes) is 2. The van der Waals surface area contributed by atoms with Gasteiger partial charge in [-0.1, -0.05) is 79.4 Å². The number of hydrogen-bond acceptors (Lipinski definition) is 3. The van der Waals surface area contributed by atoms with Gasteiger partial charge in [-0.3, -0.25) is 10.1 Å². The minimum atomic E-state index is -0.0376. The molecule has 0 bridgehead atoms. The van der Waals surface area contributed by atoms with Crippen LogP contribution in [-0.4, -0.2) is 15.9 Å². The average Bonchev–Trinajstić information content (AvgIpc) is 2.69. The van der Waals surface area contributed by atoms with Gasteiger partial charge in [0.1, 0.15) is 0 Å². The summed E-state index contributed by atoms with van der Waals surface area (Å²) in [5.41, 5.74) is 6.00. The highest BCUT2D eigenvalue weighted by Crippen LogP contribution is 2.26. The number of hydrogen-bond donors (Lipinski definition) is 1. The van der Waals surface area contributed by atoms with E-state index >= 15 is 0 Å². The molecule has 1 N–H and O–H groups in total. The predicted molar refractivity (Wildman–Crippen MR) is 115 cm³/mol. The number of carbonyl (C=O) groups is 1. The summed E-state index contributed by atoms with van der Waals surface area (Å²) in [4.78, 5) is 21.5. The maximum Gasteiger partial charge on any atom is 0.230 e. The monoisotopic (exact) mass is 373 g/mol. The zero-order chi connectivity index (χ0) is 19.9. The molecule has 3 aromatic rings. The van der Waals surface area contributed by atoms with Crippen LogP contribution in [0.2, 0.25) is 0 Å². The number of amides is 1. The second-order valence-electron chi connectivity index (χ2n) is 7.20. The van der Waals surface area contributed by atoms with Crippen molar-refractivity contribution in [1.29, 1.82) is 0 Å². The van der Waals surface area contributed by atoms with Crippen molar-refractivity contribution in [2.75, 3.05) is 5.32 Å². The van der Waals surface area contributed by atoms with E-state index in [9.17, 15) is 4.79 Å². The van der Waals surface area contributed by atoms with Crippen LogP contribution in [0.4, 0.5) is 5.95 Å². The van der Waals surface area contributed by atoms with E-state index in [1.54, 1.807) is 0 Å². The molecule has 0 aliphatic rings. The van der Waals surface area contributed by atoms with Crippen molar-refractivity contribution < 1.29 is 4.79 Å². The Morgan fingerprint density at radius 2 is 1.32 bits per heavy atom. The number of anilines is 1. The molecule has 4 heteroatoms. The van der Waals surface area contributed by atoms with Crippen LogP contribution in [0.3, 0.4) is 0 Å². The van der Waals surface area contributed by atoms with Gasteiger partial charge < -0.3 is 0 Å². The Balaban J connectivity index is 1.95. The molecule has 0 spiro atoms. The van der Waals surface area contributed by atoms with Crippen LogP contribution in [0, 0.1) is 13.8 Å². The van der Waals surface area contributed by atoms with E-state index in [2.05, 4.69) is 60.3 Å². The average molecular weight is 374 g/mol. The second kappa shape index (κ2) is 9.27. The van der Waals surface area contributed by atoms with E-state index in [4.69, 9.17) is 0 Å². The first-order chi connectivity index (χ1) is 13.5. The third-order valence-electron chi connectivity index (χ3n) is 4.68. The Bertz CT molecular complexity index is 867. The molecule has 3 rings (SSSR count). The van der Waals surface area contributed by atoms with Crippen LogP contribution >= 0.6 is 0 Å². The fraction of sp³-hybridized carbons (Fsp3) is 0.292. The molecule has 0 aliphatic carbocycles. The van der Waals surface area contributed by atoms with Gasteiger partial charge in [0.2, 0.25) is 11.9 Å². The summed E-state index contributed by atoms with van der Waals surface area (Å²) in [6.07, 6.45) is 3.51. The highest BCUT2D eigenvalue weighted by atomic mass is 16.1. The maximum absolute atomic E-state index is 12.3. The van der Waals surface area contributed by atoms with E-state index < -0.39 is 0 Å². The quantitative estimate of drug-likeness (QED) is 0.521. The summed E-state index contributed by atoms with van der Waals surface area (Å²) >= 11 is 0. The molecular weight excluding hydrogens is 346 g/mol. The Hall–Kier alpha value is -3.01. The number of carbonyl (C=O) groups excluding carboxylic acids is 1. The molecular formula is C24H27N3O. The van der Waals surface area contributed by atoms with Crippen LogP contribution in [-0.2, 0) is 4.79 Å². The smallest absolute Gasteiger partial charge is 0.230 e. The molecule has 0 atom stereocenters. The molecule has 0 saturated heterocycles. The normalized spacial score (nSPS) is 10.7. The summed E-state index contributed by atoms with van der Waals surface area (Å²) in [6, 6.07) is 18.4. The molecule has 0 aliphatic heterocycles. The van der Waals surface area contributed by atoms with Gasteiger partial charge in [-0.2, -0.15) is 0 Å². The van der Waals surface area contributed by atoms with Crippen molar-refractivity contribution in [3.05, 3.63) is 65.7 Å². The topological polar surface area (TPSA) is 54.9 Å². The lowest BCUT2D eigenvalue weighted by Gasteiger charge is -2.10. The molecule has 0 fully saturated rings. The van der Waals surface area contributed by atoms with Gasteiger partial charge in [-0.25, -0.2) is 9.97 Å². The number of nitrogens with zero attached hydrogens (tertiary/aromatic N) is 2. The van der Waals surface area contributed by atoms with Crippen LogP contribution in [0.1, 0.15) is 43.7 Å². The van der Waals surface area contributed by atoms with Crippen LogP contribution < -0.4 is 5.32 Å². The Kier molecular flexibility index (Phi) is 6.53. The fourth-order valence-electron chi connectivity index (χ4n) is 2.97. The molecule has 144 valence electrons. The fourth-order valence-corrected chi connectivity index (χ4v) is 2.97. The SMILES string of the molecule is CCCCCC(=O)Nc1nc(-c2ccc(C)cc2)cc(-c2ccc(C)cc2)n1. The van der Waals surface area contributed by atoms with Crippen LogP contribution in [0.5, 0.6) is 0 Å². The molecule has 28 heavy (non-hydrogen) atoms. The number of rotatable bonds is 7.